The maximum Gasteiger partial charge on any atom is 0.239 e. The van der Waals surface area contributed by atoms with Crippen LogP contribution in [0.2, 0.25) is 0 Å². The number of carbonyl (C=O) groups excluding carboxylic acids is 1. The third-order valence-electron chi connectivity index (χ3n) is 3.00. The van der Waals surface area contributed by atoms with Gasteiger partial charge in [0.2, 0.25) is 5.91 Å². The molecule has 5 heteroatoms. The molecule has 1 aliphatic heterocycles. The lowest BCUT2D eigenvalue weighted by Crippen LogP contribution is -2.56. The van der Waals surface area contributed by atoms with Crippen LogP contribution in [0, 0.1) is 0 Å². The van der Waals surface area contributed by atoms with Crippen molar-refractivity contribution in [3.05, 3.63) is 24.3 Å². The Kier molecular flexibility index (Phi) is 4.27. The summed E-state index contributed by atoms with van der Waals surface area (Å²) in [5.74, 6) is 0.861. The average Bonchev–Trinajstić information content (AvgIpc) is 2.38. The van der Waals surface area contributed by atoms with Gasteiger partial charge in [0.05, 0.1) is 18.7 Å². The molecule has 1 unspecified atom stereocenters. The molecular weight excluding hydrogens is 242 g/mol. The standard InChI is InChI=1S/C14H21N3O2/c1-10(2)19-13-5-3-12(4-6-13)17-8-11(7-15)16-14(18)9-17/h3-6,10-11H,7-9,15H2,1-2H3,(H,16,18). The number of nitrogens with zero attached hydrogens (tertiary/aromatic N) is 1. The van der Waals surface area contributed by atoms with Gasteiger partial charge in [0.25, 0.3) is 0 Å². The average molecular weight is 263 g/mol. The van der Waals surface area contributed by atoms with Gasteiger partial charge in [-0.05, 0) is 38.1 Å². The molecule has 1 aromatic carbocycles. The first-order valence-corrected chi connectivity index (χ1v) is 6.59. The summed E-state index contributed by atoms with van der Waals surface area (Å²) >= 11 is 0. The van der Waals surface area contributed by atoms with Gasteiger partial charge in [-0.1, -0.05) is 0 Å². The SMILES string of the molecule is CC(C)Oc1ccc(N2CC(=O)NC(CN)C2)cc1. The van der Waals surface area contributed by atoms with Gasteiger partial charge < -0.3 is 20.7 Å². The highest BCUT2D eigenvalue weighted by molar-refractivity contribution is 5.83. The largest absolute Gasteiger partial charge is 0.491 e. The minimum Gasteiger partial charge on any atom is -0.491 e. The van der Waals surface area contributed by atoms with Crippen molar-refractivity contribution in [1.29, 1.82) is 0 Å². The molecule has 3 N–H and O–H groups in total. The van der Waals surface area contributed by atoms with Crippen LogP contribution in [-0.2, 0) is 4.79 Å². The molecule has 0 saturated carbocycles. The number of piperazine rings is 1. The molecule has 1 aliphatic rings. The zero-order chi connectivity index (χ0) is 13.8. The van der Waals surface area contributed by atoms with Crippen molar-refractivity contribution in [2.75, 3.05) is 24.5 Å². The van der Waals surface area contributed by atoms with Crippen LogP contribution in [0.1, 0.15) is 13.8 Å². The lowest BCUT2D eigenvalue weighted by molar-refractivity contribution is -0.121. The fourth-order valence-electron chi connectivity index (χ4n) is 2.16. The highest BCUT2D eigenvalue weighted by Gasteiger charge is 2.23. The number of nitrogens with two attached hydrogens (primary N) is 1. The summed E-state index contributed by atoms with van der Waals surface area (Å²) < 4.78 is 5.60. The van der Waals surface area contributed by atoms with Crippen molar-refractivity contribution in [3.8, 4) is 5.75 Å². The molecular formula is C14H21N3O2. The van der Waals surface area contributed by atoms with E-state index in [0.717, 1.165) is 18.0 Å². The molecule has 0 radical (unpaired) electrons. The van der Waals surface area contributed by atoms with Gasteiger partial charge in [-0.3, -0.25) is 4.79 Å². The Labute approximate surface area is 113 Å². The molecule has 0 spiro atoms. The van der Waals surface area contributed by atoms with E-state index in [2.05, 4.69) is 5.32 Å². The van der Waals surface area contributed by atoms with E-state index < -0.39 is 0 Å². The van der Waals surface area contributed by atoms with E-state index in [1.54, 1.807) is 0 Å². The topological polar surface area (TPSA) is 67.6 Å². The molecule has 19 heavy (non-hydrogen) atoms. The quantitative estimate of drug-likeness (QED) is 0.840. The van der Waals surface area contributed by atoms with Crippen LogP contribution in [0.3, 0.4) is 0 Å². The summed E-state index contributed by atoms with van der Waals surface area (Å²) in [6.07, 6.45) is 0.160. The van der Waals surface area contributed by atoms with Crippen molar-refractivity contribution in [3.63, 3.8) is 0 Å². The van der Waals surface area contributed by atoms with Gasteiger partial charge in [0.1, 0.15) is 5.75 Å². The maximum absolute atomic E-state index is 11.6. The number of nitrogens with one attached hydrogen (secondary N) is 1. The van der Waals surface area contributed by atoms with Crippen LogP contribution in [0.5, 0.6) is 5.75 Å². The number of hydrogen-bond acceptors (Lipinski definition) is 4. The smallest absolute Gasteiger partial charge is 0.239 e. The van der Waals surface area contributed by atoms with Crippen LogP contribution in [0.25, 0.3) is 0 Å². The van der Waals surface area contributed by atoms with Crippen LogP contribution in [0.4, 0.5) is 5.69 Å². The monoisotopic (exact) mass is 263 g/mol. The van der Waals surface area contributed by atoms with Crippen molar-refractivity contribution >= 4 is 11.6 Å². The van der Waals surface area contributed by atoms with Gasteiger partial charge >= 0.3 is 0 Å². The molecule has 104 valence electrons. The molecule has 1 atom stereocenters. The molecule has 1 fully saturated rings. The van der Waals surface area contributed by atoms with E-state index in [-0.39, 0.29) is 18.1 Å². The van der Waals surface area contributed by atoms with Crippen molar-refractivity contribution in [2.45, 2.75) is 26.0 Å². The molecule has 5 nitrogen and oxygen atoms in total. The number of amides is 1. The first kappa shape index (κ1) is 13.7. The van der Waals surface area contributed by atoms with Crippen LogP contribution >= 0.6 is 0 Å². The second kappa shape index (κ2) is 5.93. The molecule has 1 aromatic rings. The summed E-state index contributed by atoms with van der Waals surface area (Å²) in [7, 11) is 0. The Morgan fingerprint density at radius 3 is 2.68 bits per heavy atom. The number of anilines is 1. The zero-order valence-electron chi connectivity index (χ0n) is 11.4. The van der Waals surface area contributed by atoms with Crippen molar-refractivity contribution < 1.29 is 9.53 Å². The lowest BCUT2D eigenvalue weighted by Gasteiger charge is -2.34. The van der Waals surface area contributed by atoms with Gasteiger partial charge in [0.15, 0.2) is 0 Å². The third kappa shape index (κ3) is 3.61. The molecule has 1 heterocycles. The Morgan fingerprint density at radius 2 is 2.11 bits per heavy atom. The zero-order valence-corrected chi connectivity index (χ0v) is 11.4. The predicted molar refractivity (Wildman–Crippen MR) is 75.4 cm³/mol. The maximum atomic E-state index is 11.6. The molecule has 1 amide bonds. The third-order valence-corrected chi connectivity index (χ3v) is 3.00. The van der Waals surface area contributed by atoms with Gasteiger partial charge in [-0.2, -0.15) is 0 Å². The number of rotatable bonds is 4. The molecule has 0 aliphatic carbocycles. The Morgan fingerprint density at radius 1 is 1.42 bits per heavy atom. The summed E-state index contributed by atoms with van der Waals surface area (Å²) in [6.45, 7) is 5.56. The van der Waals surface area contributed by atoms with E-state index in [1.807, 2.05) is 43.0 Å². The summed E-state index contributed by atoms with van der Waals surface area (Å²) in [6, 6.07) is 7.83. The van der Waals surface area contributed by atoms with E-state index in [1.165, 1.54) is 0 Å². The fourth-order valence-corrected chi connectivity index (χ4v) is 2.16. The highest BCUT2D eigenvalue weighted by atomic mass is 16.5. The van der Waals surface area contributed by atoms with E-state index >= 15 is 0 Å². The minimum atomic E-state index is 0.0178. The van der Waals surface area contributed by atoms with Crippen molar-refractivity contribution in [2.24, 2.45) is 5.73 Å². The fraction of sp³-hybridized carbons (Fsp3) is 0.500. The summed E-state index contributed by atoms with van der Waals surface area (Å²) in [5, 5.41) is 2.87. The second-order valence-corrected chi connectivity index (χ2v) is 5.04. The van der Waals surface area contributed by atoms with Crippen molar-refractivity contribution in [1.82, 2.24) is 5.32 Å². The van der Waals surface area contributed by atoms with Crippen LogP contribution in [0.15, 0.2) is 24.3 Å². The van der Waals surface area contributed by atoms with Crippen LogP contribution in [-0.4, -0.2) is 37.7 Å². The Hall–Kier alpha value is -1.75. The highest BCUT2D eigenvalue weighted by Crippen LogP contribution is 2.21. The molecule has 0 aromatic heterocycles. The number of hydrogen-bond donors (Lipinski definition) is 2. The normalized spacial score (nSPS) is 19.5. The van der Waals surface area contributed by atoms with Gasteiger partial charge in [0, 0.05) is 18.8 Å². The van der Waals surface area contributed by atoms with Gasteiger partial charge in [-0.15, -0.1) is 0 Å². The molecule has 2 rings (SSSR count). The first-order chi connectivity index (χ1) is 9.08. The Bertz CT molecular complexity index is 431. The summed E-state index contributed by atoms with van der Waals surface area (Å²) in [5.41, 5.74) is 6.64. The van der Waals surface area contributed by atoms with Crippen LogP contribution < -0.4 is 20.7 Å². The number of benzene rings is 1. The minimum absolute atomic E-state index is 0.0178. The van der Waals surface area contributed by atoms with E-state index in [9.17, 15) is 4.79 Å². The lowest BCUT2D eigenvalue weighted by atomic mass is 10.1. The number of carbonyl (C=O) groups is 1. The predicted octanol–water partition coefficient (Wildman–Crippen LogP) is 0.737. The summed E-state index contributed by atoms with van der Waals surface area (Å²) in [4.78, 5) is 13.6. The molecule has 0 bridgehead atoms. The first-order valence-electron chi connectivity index (χ1n) is 6.59. The van der Waals surface area contributed by atoms with E-state index in [4.69, 9.17) is 10.5 Å². The Balaban J connectivity index is 2.06. The van der Waals surface area contributed by atoms with E-state index in [0.29, 0.717) is 13.1 Å². The second-order valence-electron chi connectivity index (χ2n) is 5.04. The molecule has 1 saturated heterocycles. The number of ether oxygens (including phenoxy) is 1. The van der Waals surface area contributed by atoms with Gasteiger partial charge in [-0.25, -0.2) is 0 Å².